The predicted molar refractivity (Wildman–Crippen MR) is 78.0 cm³/mol. The lowest BCUT2D eigenvalue weighted by Crippen LogP contribution is -2.52. The maximum atomic E-state index is 14.2. The molecule has 1 N–H and O–H groups in total. The summed E-state index contributed by atoms with van der Waals surface area (Å²) in [5, 5.41) is 2.90. The molecule has 1 unspecified atom stereocenters. The number of benzene rings is 1. The number of nitrogens with zero attached hydrogens (tertiary/aromatic N) is 2. The minimum atomic E-state index is -0.465. The van der Waals surface area contributed by atoms with Crippen LogP contribution in [0.2, 0.25) is 0 Å². The molecule has 5 heteroatoms. The van der Waals surface area contributed by atoms with Crippen LogP contribution in [0.25, 0.3) is 0 Å². The number of piperazine rings is 1. The first-order chi connectivity index (χ1) is 9.56. The van der Waals surface area contributed by atoms with Gasteiger partial charge in [0.2, 0.25) is 0 Å². The third-order valence-electron chi connectivity index (χ3n) is 3.95. The van der Waals surface area contributed by atoms with E-state index in [0.29, 0.717) is 31.2 Å². The highest BCUT2D eigenvalue weighted by atomic mass is 19.1. The van der Waals surface area contributed by atoms with Crippen molar-refractivity contribution in [2.75, 3.05) is 38.1 Å². The molecule has 1 aromatic rings. The fraction of sp³-hybridized carbons (Fsp3) is 0.600. The summed E-state index contributed by atoms with van der Waals surface area (Å²) in [6.07, 6.45) is 0. The number of halogens is 2. The zero-order chi connectivity index (χ0) is 14.7. The van der Waals surface area contributed by atoms with Crippen molar-refractivity contribution >= 4 is 5.69 Å². The number of hydrogen-bond acceptors (Lipinski definition) is 3. The lowest BCUT2D eigenvalue weighted by Gasteiger charge is -2.40. The van der Waals surface area contributed by atoms with E-state index >= 15 is 0 Å². The van der Waals surface area contributed by atoms with Gasteiger partial charge in [0.1, 0.15) is 17.3 Å². The summed E-state index contributed by atoms with van der Waals surface area (Å²) >= 11 is 0. The van der Waals surface area contributed by atoms with Crippen molar-refractivity contribution in [2.45, 2.75) is 26.4 Å². The number of likely N-dealkylation sites (N-methyl/N-ethyl adjacent to an activating group) is 1. The molecule has 1 aliphatic rings. The average Bonchev–Trinajstić information content (AvgIpc) is 2.38. The number of rotatable bonds is 4. The zero-order valence-corrected chi connectivity index (χ0v) is 12.4. The van der Waals surface area contributed by atoms with Crippen molar-refractivity contribution in [3.63, 3.8) is 0 Å². The molecule has 20 heavy (non-hydrogen) atoms. The Labute approximate surface area is 119 Å². The fourth-order valence-electron chi connectivity index (χ4n) is 2.89. The monoisotopic (exact) mass is 283 g/mol. The van der Waals surface area contributed by atoms with Crippen LogP contribution in [-0.4, -0.2) is 44.2 Å². The predicted octanol–water partition coefficient (Wildman–Crippen LogP) is 2.21. The molecule has 0 aliphatic carbocycles. The largest absolute Gasteiger partial charge is 0.364 e. The smallest absolute Gasteiger partial charge is 0.149 e. The second-order valence-corrected chi connectivity index (χ2v) is 5.36. The quantitative estimate of drug-likeness (QED) is 0.914. The van der Waals surface area contributed by atoms with Gasteiger partial charge in [-0.2, -0.15) is 0 Å². The summed E-state index contributed by atoms with van der Waals surface area (Å²) in [5.74, 6) is -0.931. The first-order valence-corrected chi connectivity index (χ1v) is 7.18. The van der Waals surface area contributed by atoms with Gasteiger partial charge in [0.05, 0.1) is 0 Å². The van der Waals surface area contributed by atoms with Crippen molar-refractivity contribution in [2.24, 2.45) is 0 Å². The highest BCUT2D eigenvalue weighted by Gasteiger charge is 2.26. The summed E-state index contributed by atoms with van der Waals surface area (Å²) in [4.78, 5) is 4.15. The number of anilines is 1. The molecule has 0 bridgehead atoms. The average molecular weight is 283 g/mol. The van der Waals surface area contributed by atoms with Gasteiger partial charge < -0.3 is 10.2 Å². The molecule has 1 atom stereocenters. The molecule has 1 aromatic carbocycles. The molecule has 1 heterocycles. The van der Waals surface area contributed by atoms with Gasteiger partial charge in [-0.25, -0.2) is 8.78 Å². The standard InChI is InChI=1S/C15H23F2N3/c1-4-19-5-6-20(10-11(19)2)15-13(16)7-12(9-18-3)8-14(15)17/h7-8,11,18H,4-6,9-10H2,1-3H3. The van der Waals surface area contributed by atoms with Crippen LogP contribution >= 0.6 is 0 Å². The second-order valence-electron chi connectivity index (χ2n) is 5.36. The van der Waals surface area contributed by atoms with Gasteiger partial charge in [0.15, 0.2) is 0 Å². The van der Waals surface area contributed by atoms with Gasteiger partial charge in [-0.15, -0.1) is 0 Å². The van der Waals surface area contributed by atoms with Crippen LogP contribution in [0.1, 0.15) is 19.4 Å². The van der Waals surface area contributed by atoms with Crippen molar-refractivity contribution < 1.29 is 8.78 Å². The summed E-state index contributed by atoms with van der Waals surface area (Å²) in [5.41, 5.74) is 0.749. The lowest BCUT2D eigenvalue weighted by molar-refractivity contribution is 0.198. The Morgan fingerprint density at radius 3 is 2.40 bits per heavy atom. The minimum Gasteiger partial charge on any atom is -0.364 e. The maximum absolute atomic E-state index is 14.2. The van der Waals surface area contributed by atoms with E-state index in [1.807, 2.05) is 4.90 Å². The van der Waals surface area contributed by atoms with Gasteiger partial charge in [-0.3, -0.25) is 4.90 Å². The summed E-state index contributed by atoms with van der Waals surface area (Å²) < 4.78 is 28.4. The van der Waals surface area contributed by atoms with Gasteiger partial charge in [0.25, 0.3) is 0 Å². The molecule has 3 nitrogen and oxygen atoms in total. The fourth-order valence-corrected chi connectivity index (χ4v) is 2.89. The normalized spacial score (nSPS) is 20.4. The van der Waals surface area contributed by atoms with Crippen LogP contribution < -0.4 is 10.2 Å². The highest BCUT2D eigenvalue weighted by Crippen LogP contribution is 2.27. The van der Waals surface area contributed by atoms with Crippen LogP contribution in [0.3, 0.4) is 0 Å². The van der Waals surface area contributed by atoms with E-state index in [4.69, 9.17) is 0 Å². The summed E-state index contributed by atoms with van der Waals surface area (Å²) in [6.45, 7) is 7.81. The van der Waals surface area contributed by atoms with Crippen LogP contribution in [0, 0.1) is 11.6 Å². The molecule has 0 radical (unpaired) electrons. The number of nitrogens with one attached hydrogen (secondary N) is 1. The Hall–Kier alpha value is -1.20. The molecule has 0 spiro atoms. The molecule has 0 aromatic heterocycles. The molecule has 112 valence electrons. The minimum absolute atomic E-state index is 0.118. The molecule has 1 saturated heterocycles. The van der Waals surface area contributed by atoms with Gasteiger partial charge >= 0.3 is 0 Å². The van der Waals surface area contributed by atoms with Gasteiger partial charge in [0, 0.05) is 32.2 Å². The molecule has 2 rings (SSSR count). The Morgan fingerprint density at radius 1 is 1.25 bits per heavy atom. The van der Waals surface area contributed by atoms with Gasteiger partial charge in [-0.1, -0.05) is 6.92 Å². The molecular formula is C15H23F2N3. The first-order valence-electron chi connectivity index (χ1n) is 7.18. The van der Waals surface area contributed by atoms with E-state index < -0.39 is 11.6 Å². The van der Waals surface area contributed by atoms with Crippen LogP contribution in [0.15, 0.2) is 12.1 Å². The van der Waals surface area contributed by atoms with Crippen molar-refractivity contribution in [1.29, 1.82) is 0 Å². The SMILES string of the molecule is CCN1CCN(c2c(F)cc(CNC)cc2F)CC1C. The van der Waals surface area contributed by atoms with E-state index in [-0.39, 0.29) is 5.69 Å². The molecule has 1 fully saturated rings. The van der Waals surface area contributed by atoms with Crippen molar-refractivity contribution in [3.8, 4) is 0 Å². The third-order valence-corrected chi connectivity index (χ3v) is 3.95. The van der Waals surface area contributed by atoms with E-state index in [1.165, 1.54) is 12.1 Å². The Balaban J connectivity index is 2.21. The van der Waals surface area contributed by atoms with E-state index in [1.54, 1.807) is 7.05 Å². The molecule has 0 saturated carbocycles. The summed E-state index contributed by atoms with van der Waals surface area (Å²) in [7, 11) is 1.76. The molecule has 0 amide bonds. The van der Waals surface area contributed by atoms with Crippen molar-refractivity contribution in [3.05, 3.63) is 29.3 Å². The number of hydrogen-bond donors (Lipinski definition) is 1. The molecule has 1 aliphatic heterocycles. The van der Waals surface area contributed by atoms with Crippen LogP contribution in [0.5, 0.6) is 0 Å². The second kappa shape index (κ2) is 6.50. The lowest BCUT2D eigenvalue weighted by atomic mass is 10.1. The molecular weight excluding hydrogens is 260 g/mol. The zero-order valence-electron chi connectivity index (χ0n) is 12.4. The highest BCUT2D eigenvalue weighted by molar-refractivity contribution is 5.51. The maximum Gasteiger partial charge on any atom is 0.149 e. The van der Waals surface area contributed by atoms with E-state index in [2.05, 4.69) is 24.1 Å². The van der Waals surface area contributed by atoms with Crippen LogP contribution in [-0.2, 0) is 6.54 Å². The van der Waals surface area contributed by atoms with Crippen molar-refractivity contribution in [1.82, 2.24) is 10.2 Å². The van der Waals surface area contributed by atoms with E-state index in [0.717, 1.165) is 13.1 Å². The Kier molecular flexibility index (Phi) is 4.94. The Bertz CT molecular complexity index is 441. The van der Waals surface area contributed by atoms with E-state index in [9.17, 15) is 8.78 Å². The Morgan fingerprint density at radius 2 is 1.90 bits per heavy atom. The summed E-state index contributed by atoms with van der Waals surface area (Å²) in [6, 6.07) is 3.15. The topological polar surface area (TPSA) is 18.5 Å². The van der Waals surface area contributed by atoms with Crippen LogP contribution in [0.4, 0.5) is 14.5 Å². The third kappa shape index (κ3) is 3.10. The first kappa shape index (κ1) is 15.2. The van der Waals surface area contributed by atoms with Gasteiger partial charge in [-0.05, 0) is 38.2 Å².